The normalized spacial score (nSPS) is 10.7. The summed E-state index contributed by atoms with van der Waals surface area (Å²) in [6, 6.07) is 33.5. The number of nitrogens with one attached hydrogen (secondary N) is 2. The Morgan fingerprint density at radius 1 is 0.613 bits per heavy atom. The molecule has 2 N–H and O–H groups in total. The monoisotopic (exact) mass is 534 g/mol. The van der Waals surface area contributed by atoms with Crippen LogP contribution in [0.15, 0.2) is 112 Å². The molecule has 0 aliphatic rings. The van der Waals surface area contributed by atoms with Gasteiger partial charge in [0.2, 0.25) is 0 Å². The minimum absolute atomic E-state index is 0.0230. The van der Waals surface area contributed by atoms with Crippen molar-refractivity contribution in [3.05, 3.63) is 129 Å². The third-order valence-corrected chi connectivity index (χ3v) is 5.95. The molecule has 31 heavy (non-hydrogen) atoms. The number of halogens is 2. The highest BCUT2D eigenvalue weighted by Crippen LogP contribution is 2.29. The van der Waals surface area contributed by atoms with Gasteiger partial charge in [0.25, 0.3) is 5.91 Å². The van der Waals surface area contributed by atoms with Crippen molar-refractivity contribution in [3.63, 3.8) is 0 Å². The molecule has 4 aromatic rings. The Bertz CT molecular complexity index is 1100. The Morgan fingerprint density at radius 2 is 1.13 bits per heavy atom. The van der Waals surface area contributed by atoms with Crippen molar-refractivity contribution in [2.45, 2.75) is 6.04 Å². The van der Waals surface area contributed by atoms with Gasteiger partial charge in [-0.25, -0.2) is 0 Å². The number of hydrogen-bond donors (Lipinski definition) is 2. The van der Waals surface area contributed by atoms with Gasteiger partial charge < -0.3 is 10.6 Å². The van der Waals surface area contributed by atoms with E-state index in [2.05, 4.69) is 66.8 Å². The zero-order valence-electron chi connectivity index (χ0n) is 16.6. The van der Waals surface area contributed by atoms with Gasteiger partial charge in [-0.1, -0.05) is 74.3 Å². The predicted octanol–water partition coefficient (Wildman–Crippen LogP) is 7.67. The lowest BCUT2D eigenvalue weighted by Gasteiger charge is -2.21. The van der Waals surface area contributed by atoms with Gasteiger partial charge in [-0.05, 0) is 71.8 Å². The first-order chi connectivity index (χ1) is 15.1. The summed E-state index contributed by atoms with van der Waals surface area (Å²) >= 11 is 7.02. The molecule has 1 amide bonds. The van der Waals surface area contributed by atoms with Crippen molar-refractivity contribution in [2.75, 3.05) is 10.6 Å². The molecule has 154 valence electrons. The van der Waals surface area contributed by atoms with Crippen molar-refractivity contribution in [1.82, 2.24) is 0 Å². The molecule has 0 saturated heterocycles. The van der Waals surface area contributed by atoms with E-state index in [1.807, 2.05) is 78.9 Å². The van der Waals surface area contributed by atoms with Crippen molar-refractivity contribution >= 4 is 49.1 Å². The molecule has 0 fully saturated rings. The second-order valence-electron chi connectivity index (χ2n) is 7.08. The Balaban J connectivity index is 1.54. The minimum Gasteiger partial charge on any atom is -0.374 e. The molecular weight excluding hydrogens is 516 g/mol. The standard InChI is InChI=1S/C26H20Br2N2O/c27-21-12-6-18(7-13-21)25(19-8-14-22(28)15-9-19)29-24-16-10-20(11-17-24)26(31)30-23-4-2-1-3-5-23/h1-17,25,29H,(H,30,31). The first-order valence-corrected chi connectivity index (χ1v) is 11.4. The van der Waals surface area contributed by atoms with E-state index in [4.69, 9.17) is 0 Å². The summed E-state index contributed by atoms with van der Waals surface area (Å²) in [6.45, 7) is 0. The molecule has 0 radical (unpaired) electrons. The highest BCUT2D eigenvalue weighted by atomic mass is 79.9. The maximum atomic E-state index is 12.5. The molecule has 0 unspecified atom stereocenters. The lowest BCUT2D eigenvalue weighted by Crippen LogP contribution is -2.14. The molecule has 0 aliphatic carbocycles. The van der Waals surface area contributed by atoms with Crippen LogP contribution in [0, 0.1) is 0 Å². The molecule has 3 nitrogen and oxygen atoms in total. The van der Waals surface area contributed by atoms with E-state index < -0.39 is 0 Å². The number of carbonyl (C=O) groups excluding carboxylic acids is 1. The molecule has 4 aromatic carbocycles. The summed E-state index contributed by atoms with van der Waals surface area (Å²) in [4.78, 5) is 12.5. The number of rotatable bonds is 6. The topological polar surface area (TPSA) is 41.1 Å². The van der Waals surface area contributed by atoms with Gasteiger partial charge in [0.05, 0.1) is 6.04 Å². The van der Waals surface area contributed by atoms with Crippen LogP contribution in [0.5, 0.6) is 0 Å². The first-order valence-electron chi connectivity index (χ1n) is 9.82. The van der Waals surface area contributed by atoms with Crippen LogP contribution in [-0.4, -0.2) is 5.91 Å². The molecule has 0 bridgehead atoms. The summed E-state index contributed by atoms with van der Waals surface area (Å²) in [6.07, 6.45) is 0. The van der Waals surface area contributed by atoms with Gasteiger partial charge in [-0.15, -0.1) is 0 Å². The third-order valence-electron chi connectivity index (χ3n) is 4.90. The molecule has 0 aromatic heterocycles. The molecule has 0 atom stereocenters. The van der Waals surface area contributed by atoms with Crippen LogP contribution in [0.3, 0.4) is 0 Å². The maximum absolute atomic E-state index is 12.5. The zero-order chi connectivity index (χ0) is 21.6. The number of hydrogen-bond acceptors (Lipinski definition) is 2. The van der Waals surface area contributed by atoms with Crippen molar-refractivity contribution in [3.8, 4) is 0 Å². The fourth-order valence-corrected chi connectivity index (χ4v) is 3.81. The number of amides is 1. The number of anilines is 2. The Hall–Kier alpha value is -2.89. The fraction of sp³-hybridized carbons (Fsp3) is 0.0385. The molecule has 0 aliphatic heterocycles. The lowest BCUT2D eigenvalue weighted by atomic mass is 9.98. The molecule has 0 saturated carbocycles. The summed E-state index contributed by atoms with van der Waals surface area (Å²) in [7, 11) is 0. The summed E-state index contributed by atoms with van der Waals surface area (Å²) in [5, 5.41) is 6.52. The van der Waals surface area contributed by atoms with Gasteiger partial charge in [0, 0.05) is 25.9 Å². The summed E-state index contributed by atoms with van der Waals surface area (Å²) < 4.78 is 2.08. The van der Waals surface area contributed by atoms with Gasteiger partial charge in [0.15, 0.2) is 0 Å². The Labute approximate surface area is 198 Å². The Kier molecular flexibility index (Phi) is 6.85. The number of carbonyl (C=O) groups is 1. The number of para-hydroxylation sites is 1. The SMILES string of the molecule is O=C(Nc1ccccc1)c1ccc(NC(c2ccc(Br)cc2)c2ccc(Br)cc2)cc1. The van der Waals surface area contributed by atoms with Crippen molar-refractivity contribution in [1.29, 1.82) is 0 Å². The molecule has 4 rings (SSSR count). The van der Waals surface area contributed by atoms with Crippen LogP contribution in [0.25, 0.3) is 0 Å². The first kappa shape index (κ1) is 21.3. The summed E-state index contributed by atoms with van der Waals surface area (Å²) in [5.41, 5.74) is 4.62. The second-order valence-corrected chi connectivity index (χ2v) is 8.91. The average molecular weight is 536 g/mol. The quantitative estimate of drug-likeness (QED) is 0.266. The van der Waals surface area contributed by atoms with Gasteiger partial charge >= 0.3 is 0 Å². The largest absolute Gasteiger partial charge is 0.374 e. The zero-order valence-corrected chi connectivity index (χ0v) is 19.7. The van der Waals surface area contributed by atoms with Crippen LogP contribution < -0.4 is 10.6 Å². The van der Waals surface area contributed by atoms with Gasteiger partial charge in [0.1, 0.15) is 0 Å². The predicted molar refractivity (Wildman–Crippen MR) is 135 cm³/mol. The van der Waals surface area contributed by atoms with E-state index in [-0.39, 0.29) is 11.9 Å². The third kappa shape index (κ3) is 5.63. The van der Waals surface area contributed by atoms with E-state index in [1.165, 1.54) is 0 Å². The van der Waals surface area contributed by atoms with Crippen molar-refractivity contribution < 1.29 is 4.79 Å². The number of benzene rings is 4. The van der Waals surface area contributed by atoms with E-state index in [9.17, 15) is 4.79 Å². The van der Waals surface area contributed by atoms with E-state index >= 15 is 0 Å². The van der Waals surface area contributed by atoms with E-state index in [0.29, 0.717) is 5.56 Å². The van der Waals surface area contributed by atoms with Crippen LogP contribution in [0.4, 0.5) is 11.4 Å². The lowest BCUT2D eigenvalue weighted by molar-refractivity contribution is 0.102. The van der Waals surface area contributed by atoms with Gasteiger partial charge in [-0.2, -0.15) is 0 Å². The minimum atomic E-state index is -0.130. The van der Waals surface area contributed by atoms with Crippen LogP contribution in [0.2, 0.25) is 0 Å². The van der Waals surface area contributed by atoms with Crippen LogP contribution >= 0.6 is 31.9 Å². The van der Waals surface area contributed by atoms with Crippen LogP contribution in [-0.2, 0) is 0 Å². The molecule has 0 spiro atoms. The average Bonchev–Trinajstić information content (AvgIpc) is 2.80. The van der Waals surface area contributed by atoms with Crippen molar-refractivity contribution in [2.24, 2.45) is 0 Å². The maximum Gasteiger partial charge on any atom is 0.255 e. The Morgan fingerprint density at radius 3 is 1.65 bits per heavy atom. The summed E-state index contributed by atoms with van der Waals surface area (Å²) in [5.74, 6) is -0.130. The molecular formula is C26H20Br2N2O. The highest BCUT2D eigenvalue weighted by molar-refractivity contribution is 9.10. The smallest absolute Gasteiger partial charge is 0.255 e. The molecule has 5 heteroatoms. The second kappa shape index (κ2) is 9.94. The fourth-order valence-electron chi connectivity index (χ4n) is 3.28. The van der Waals surface area contributed by atoms with Gasteiger partial charge in [-0.3, -0.25) is 4.79 Å². The van der Waals surface area contributed by atoms with Crippen LogP contribution in [0.1, 0.15) is 27.5 Å². The van der Waals surface area contributed by atoms with E-state index in [0.717, 1.165) is 31.4 Å². The van der Waals surface area contributed by atoms with E-state index in [1.54, 1.807) is 0 Å². The molecule has 0 heterocycles. The highest BCUT2D eigenvalue weighted by Gasteiger charge is 2.15.